The third-order valence-electron chi connectivity index (χ3n) is 13.6. The fraction of sp³-hybridized carbons (Fsp3) is 0. The molecule has 1 aliphatic rings. The Hall–Kier alpha value is -8.39. The van der Waals surface area contributed by atoms with Crippen LogP contribution in [0.25, 0.3) is 94.4 Å². The zero-order valence-electron chi connectivity index (χ0n) is 34.5. The van der Waals surface area contributed by atoms with Crippen LogP contribution in [0, 0.1) is 0 Å². The summed E-state index contributed by atoms with van der Waals surface area (Å²) in [6.07, 6.45) is 0. The molecule has 0 aliphatic carbocycles. The van der Waals surface area contributed by atoms with E-state index in [0.29, 0.717) is 17.7 Å². The summed E-state index contributed by atoms with van der Waals surface area (Å²) in [7, 11) is -2.91. The van der Waals surface area contributed by atoms with Crippen molar-refractivity contribution in [3.05, 3.63) is 218 Å². The van der Waals surface area contributed by atoms with E-state index in [9.17, 15) is 0 Å². The number of nitrogens with zero attached hydrogens (tertiary/aromatic N) is 6. The molecule has 0 radical (unpaired) electrons. The third kappa shape index (κ3) is 4.70. The fourth-order valence-electron chi connectivity index (χ4n) is 11.0. The lowest BCUT2D eigenvalue weighted by atomic mass is 10.1. The molecule has 0 saturated carbocycles. The quantitative estimate of drug-likeness (QED) is 0.162. The number of hydrogen-bond acceptors (Lipinski definition) is 3. The van der Waals surface area contributed by atoms with Crippen molar-refractivity contribution < 1.29 is 0 Å². The highest BCUT2D eigenvalue weighted by molar-refractivity contribution is 7.21. The minimum absolute atomic E-state index is 0.563. The summed E-state index contributed by atoms with van der Waals surface area (Å²) >= 11 is 0. The molecule has 64 heavy (non-hydrogen) atoms. The SMILES string of the molecule is c1ccc([Si]2(c3ccccc3)c3ccc(-c4nc(-n5c6ccccc6c6ccccc65)nc(-n5c6ccccc6c6ccccc65)n4)cc3-n3c4ccccc4c4cccc2c43)cc1. The third-order valence-corrected chi connectivity index (χ3v) is 18.4. The molecular formula is C57H36N6Si. The van der Waals surface area contributed by atoms with E-state index in [1.807, 2.05) is 0 Å². The van der Waals surface area contributed by atoms with Crippen molar-refractivity contribution in [2.75, 3.05) is 0 Å². The Balaban J connectivity index is 1.11. The monoisotopic (exact) mass is 832 g/mol. The zero-order chi connectivity index (χ0) is 41.9. The summed E-state index contributed by atoms with van der Waals surface area (Å²) in [4.78, 5) is 16.4. The maximum absolute atomic E-state index is 5.49. The van der Waals surface area contributed by atoms with Gasteiger partial charge in [-0.3, -0.25) is 9.13 Å². The topological polar surface area (TPSA) is 53.5 Å². The van der Waals surface area contributed by atoms with Crippen LogP contribution in [-0.2, 0) is 0 Å². The molecular weight excluding hydrogens is 797 g/mol. The van der Waals surface area contributed by atoms with Crippen LogP contribution in [-0.4, -0.2) is 36.7 Å². The Bertz CT molecular complexity index is 3750. The van der Waals surface area contributed by atoms with Crippen LogP contribution in [0.2, 0.25) is 0 Å². The first-order valence-electron chi connectivity index (χ1n) is 21.8. The molecule has 6 nitrogen and oxygen atoms in total. The molecule has 5 heterocycles. The second kappa shape index (κ2) is 13.3. The van der Waals surface area contributed by atoms with E-state index < -0.39 is 8.07 Å². The van der Waals surface area contributed by atoms with E-state index in [1.165, 1.54) is 42.6 Å². The molecule has 7 heteroatoms. The molecule has 14 rings (SSSR count). The van der Waals surface area contributed by atoms with Gasteiger partial charge in [-0.25, -0.2) is 0 Å². The molecule has 0 atom stereocenters. The standard InChI is InChI=1S/C57H36N6Si/c1-3-18-38(19-4-1)64(39-20-5-2-6-21-39)52-35-34-37(36-51(52)61-46-28-12-11-26-44(46)45-27-17-33-53(64)54(45)61)55-58-56(62-47-29-13-7-22-40(47)41-23-8-14-30-48(41)62)60-57(59-55)63-49-31-15-9-24-42(49)43-25-10-16-32-50(43)63/h1-36H. The van der Waals surface area contributed by atoms with Gasteiger partial charge in [0, 0.05) is 43.6 Å². The highest BCUT2D eigenvalue weighted by atomic mass is 28.3. The van der Waals surface area contributed by atoms with Gasteiger partial charge >= 0.3 is 0 Å². The van der Waals surface area contributed by atoms with E-state index >= 15 is 0 Å². The predicted molar refractivity (Wildman–Crippen MR) is 265 cm³/mol. The second-order valence-electron chi connectivity index (χ2n) is 16.8. The van der Waals surface area contributed by atoms with Crippen molar-refractivity contribution in [2.45, 2.75) is 0 Å². The Morgan fingerprint density at radius 1 is 0.312 bits per heavy atom. The van der Waals surface area contributed by atoms with Crippen LogP contribution in [0.3, 0.4) is 0 Å². The van der Waals surface area contributed by atoms with E-state index in [4.69, 9.17) is 15.0 Å². The van der Waals surface area contributed by atoms with Gasteiger partial charge in [0.15, 0.2) is 13.9 Å². The highest BCUT2D eigenvalue weighted by Crippen LogP contribution is 2.38. The minimum Gasteiger partial charge on any atom is -0.309 e. The first-order chi connectivity index (χ1) is 31.8. The van der Waals surface area contributed by atoms with Gasteiger partial charge in [0.2, 0.25) is 11.9 Å². The smallest absolute Gasteiger partial charge is 0.240 e. The van der Waals surface area contributed by atoms with Crippen molar-refractivity contribution in [2.24, 2.45) is 0 Å². The maximum atomic E-state index is 5.49. The largest absolute Gasteiger partial charge is 0.309 e. The summed E-state index contributed by atoms with van der Waals surface area (Å²) in [6.45, 7) is 0. The van der Waals surface area contributed by atoms with Crippen molar-refractivity contribution in [1.29, 1.82) is 0 Å². The number of benzene rings is 9. The summed E-state index contributed by atoms with van der Waals surface area (Å²) < 4.78 is 6.92. The molecule has 0 bridgehead atoms. The lowest BCUT2D eigenvalue weighted by Gasteiger charge is -2.40. The lowest BCUT2D eigenvalue weighted by Crippen LogP contribution is -2.76. The first-order valence-corrected chi connectivity index (χ1v) is 23.8. The molecule has 0 amide bonds. The van der Waals surface area contributed by atoms with E-state index in [0.717, 1.165) is 54.9 Å². The van der Waals surface area contributed by atoms with Crippen molar-refractivity contribution in [3.63, 3.8) is 0 Å². The van der Waals surface area contributed by atoms with E-state index in [2.05, 4.69) is 232 Å². The Labute approximate surface area is 368 Å². The van der Waals surface area contributed by atoms with Gasteiger partial charge in [-0.15, -0.1) is 0 Å². The van der Waals surface area contributed by atoms with Crippen LogP contribution in [0.1, 0.15) is 0 Å². The summed E-state index contributed by atoms with van der Waals surface area (Å²) in [5.41, 5.74) is 8.67. The average Bonchev–Trinajstić information content (AvgIpc) is 4.01. The van der Waals surface area contributed by atoms with Gasteiger partial charge in [-0.1, -0.05) is 182 Å². The molecule has 0 saturated heterocycles. The lowest BCUT2D eigenvalue weighted by molar-refractivity contribution is 0.892. The van der Waals surface area contributed by atoms with Gasteiger partial charge in [0.1, 0.15) is 0 Å². The van der Waals surface area contributed by atoms with Gasteiger partial charge in [0.05, 0.1) is 33.1 Å². The number of hydrogen-bond donors (Lipinski definition) is 0. The van der Waals surface area contributed by atoms with Gasteiger partial charge in [-0.2, -0.15) is 15.0 Å². The van der Waals surface area contributed by atoms with Crippen LogP contribution < -0.4 is 20.7 Å². The number of para-hydroxylation sites is 6. The number of aromatic nitrogens is 6. The Morgan fingerprint density at radius 3 is 1.20 bits per heavy atom. The van der Waals surface area contributed by atoms with Crippen molar-refractivity contribution in [1.82, 2.24) is 28.7 Å². The van der Waals surface area contributed by atoms with Crippen LogP contribution in [0.5, 0.6) is 0 Å². The van der Waals surface area contributed by atoms with E-state index in [1.54, 1.807) is 0 Å². The minimum atomic E-state index is -2.91. The maximum Gasteiger partial charge on any atom is 0.240 e. The molecule has 0 unspecified atom stereocenters. The molecule has 0 fully saturated rings. The summed E-state index contributed by atoms with van der Waals surface area (Å²) in [5.74, 6) is 1.73. The van der Waals surface area contributed by atoms with Crippen LogP contribution in [0.15, 0.2) is 218 Å². The zero-order valence-corrected chi connectivity index (χ0v) is 35.5. The summed E-state index contributed by atoms with van der Waals surface area (Å²) in [5, 5.41) is 12.5. The number of fused-ring (bicyclic) bond motifs is 11. The van der Waals surface area contributed by atoms with Gasteiger partial charge in [-0.05, 0) is 57.1 Å². The van der Waals surface area contributed by atoms with E-state index in [-0.39, 0.29) is 0 Å². The molecule has 298 valence electrons. The van der Waals surface area contributed by atoms with Crippen LogP contribution >= 0.6 is 0 Å². The van der Waals surface area contributed by atoms with Crippen LogP contribution in [0.4, 0.5) is 0 Å². The molecule has 9 aromatic carbocycles. The van der Waals surface area contributed by atoms with Crippen molar-refractivity contribution in [3.8, 4) is 29.0 Å². The van der Waals surface area contributed by atoms with Gasteiger partial charge in [0.25, 0.3) is 0 Å². The fourth-order valence-corrected chi connectivity index (χ4v) is 16.1. The molecule has 1 aliphatic heterocycles. The molecule has 13 aromatic rings. The Kier molecular flexibility index (Phi) is 7.32. The van der Waals surface area contributed by atoms with Gasteiger partial charge < -0.3 is 4.57 Å². The van der Waals surface area contributed by atoms with Crippen molar-refractivity contribution >= 4 is 94.2 Å². The molecule has 0 N–H and O–H groups in total. The highest BCUT2D eigenvalue weighted by Gasteiger charge is 2.47. The molecule has 0 spiro atoms. The Morgan fingerprint density at radius 2 is 0.719 bits per heavy atom. The normalized spacial score (nSPS) is 13.1. The average molecular weight is 833 g/mol. The first kappa shape index (κ1) is 35.2. The second-order valence-corrected chi connectivity index (χ2v) is 20.5. The molecule has 4 aromatic heterocycles. The summed E-state index contributed by atoms with van der Waals surface area (Å²) in [6, 6.07) is 79.3. The number of rotatable bonds is 5. The predicted octanol–water partition coefficient (Wildman–Crippen LogP) is 10.5.